The smallest absolute Gasteiger partial charge is 0.232 e. The number of nitrogens with one attached hydrogen (secondary N) is 4. The lowest BCUT2D eigenvalue weighted by Gasteiger charge is -2.18. The molecule has 1 rings (SSSR count). The van der Waals surface area contributed by atoms with Gasteiger partial charge >= 0.3 is 0 Å². The average Bonchev–Trinajstić information content (AvgIpc) is 2.66. The summed E-state index contributed by atoms with van der Waals surface area (Å²) in [5.74, 6) is -0.810. The minimum atomic E-state index is -0.558. The molecular formula is C21H42N4O2. The molecule has 0 atom stereocenters. The fourth-order valence-corrected chi connectivity index (χ4v) is 3.42. The molecule has 0 bridgehead atoms. The molecule has 1 saturated heterocycles. The topological polar surface area (TPSA) is 82.3 Å². The van der Waals surface area contributed by atoms with E-state index in [-0.39, 0.29) is 11.8 Å². The van der Waals surface area contributed by atoms with Gasteiger partial charge in [-0.2, -0.15) is 0 Å². The van der Waals surface area contributed by atoms with E-state index in [1.807, 2.05) is 0 Å². The summed E-state index contributed by atoms with van der Waals surface area (Å²) in [4.78, 5) is 24.9. The molecule has 0 aromatic rings. The second kappa shape index (κ2) is 17.0. The number of rotatable bonds is 10. The Labute approximate surface area is 166 Å². The van der Waals surface area contributed by atoms with Gasteiger partial charge in [0.2, 0.25) is 11.8 Å². The Balaban J connectivity index is 2.28. The Kier molecular flexibility index (Phi) is 15.0. The third kappa shape index (κ3) is 12.8. The highest BCUT2D eigenvalue weighted by Gasteiger charge is 2.25. The summed E-state index contributed by atoms with van der Waals surface area (Å²) in [5, 5.41) is 12.5. The molecule has 1 fully saturated rings. The van der Waals surface area contributed by atoms with Crippen LogP contribution in [0.4, 0.5) is 0 Å². The lowest BCUT2D eigenvalue weighted by Crippen LogP contribution is -2.45. The molecule has 0 radical (unpaired) electrons. The SMILES string of the molecule is CCCCCCCCCCCC1C(=O)NCCNCCCNCCNC1=O. The molecule has 0 aliphatic carbocycles. The highest BCUT2D eigenvalue weighted by Crippen LogP contribution is 2.14. The zero-order valence-electron chi connectivity index (χ0n) is 17.4. The molecule has 27 heavy (non-hydrogen) atoms. The van der Waals surface area contributed by atoms with Crippen LogP contribution in [0.2, 0.25) is 0 Å². The maximum absolute atomic E-state index is 12.4. The van der Waals surface area contributed by atoms with E-state index >= 15 is 0 Å². The van der Waals surface area contributed by atoms with Crippen LogP contribution < -0.4 is 21.3 Å². The first-order chi connectivity index (χ1) is 13.3. The van der Waals surface area contributed by atoms with Gasteiger partial charge in [0.15, 0.2) is 0 Å². The second-order valence-electron chi connectivity index (χ2n) is 7.61. The Bertz CT molecular complexity index is 366. The van der Waals surface area contributed by atoms with E-state index in [4.69, 9.17) is 0 Å². The minimum absolute atomic E-state index is 0.126. The Morgan fingerprint density at radius 2 is 1.15 bits per heavy atom. The standard InChI is InChI=1S/C21H42N4O2/c1-2-3-4-5-6-7-8-9-10-12-19-20(26)24-17-15-22-13-11-14-23-16-18-25-21(19)27/h19,22-23H,2-18H2,1H3,(H,24,26)(H,25,27). The fraction of sp³-hybridized carbons (Fsp3) is 0.905. The van der Waals surface area contributed by atoms with Gasteiger partial charge in [-0.1, -0.05) is 64.7 Å². The zero-order valence-corrected chi connectivity index (χ0v) is 17.4. The van der Waals surface area contributed by atoms with Crippen molar-refractivity contribution in [2.75, 3.05) is 39.3 Å². The molecule has 1 heterocycles. The number of carbonyl (C=O) groups excluding carboxylic acids is 2. The third-order valence-electron chi connectivity index (χ3n) is 5.14. The number of hydrogen-bond acceptors (Lipinski definition) is 4. The molecule has 1 aliphatic rings. The van der Waals surface area contributed by atoms with E-state index in [0.717, 1.165) is 45.4 Å². The van der Waals surface area contributed by atoms with Crippen LogP contribution in [0.5, 0.6) is 0 Å². The van der Waals surface area contributed by atoms with Crippen LogP contribution in [0.15, 0.2) is 0 Å². The Hall–Kier alpha value is -1.14. The molecule has 1 aliphatic heterocycles. The molecule has 2 amide bonds. The van der Waals surface area contributed by atoms with Crippen molar-refractivity contribution in [2.45, 2.75) is 77.6 Å². The van der Waals surface area contributed by atoms with E-state index in [0.29, 0.717) is 19.5 Å². The number of carbonyl (C=O) groups is 2. The normalized spacial score (nSPS) is 18.6. The van der Waals surface area contributed by atoms with E-state index in [9.17, 15) is 9.59 Å². The number of hydrogen-bond donors (Lipinski definition) is 4. The highest BCUT2D eigenvalue weighted by atomic mass is 16.2. The van der Waals surface area contributed by atoms with Crippen LogP contribution in [-0.2, 0) is 9.59 Å². The summed E-state index contributed by atoms with van der Waals surface area (Å²) in [7, 11) is 0. The predicted octanol–water partition coefficient (Wildman–Crippen LogP) is 2.34. The maximum atomic E-state index is 12.4. The first-order valence-electron chi connectivity index (χ1n) is 11.2. The average molecular weight is 383 g/mol. The molecule has 0 spiro atoms. The number of unbranched alkanes of at least 4 members (excludes halogenated alkanes) is 8. The highest BCUT2D eigenvalue weighted by molar-refractivity contribution is 6.00. The van der Waals surface area contributed by atoms with Crippen molar-refractivity contribution < 1.29 is 9.59 Å². The van der Waals surface area contributed by atoms with Gasteiger partial charge in [-0.05, 0) is 25.9 Å². The summed E-state index contributed by atoms with van der Waals surface area (Å²) >= 11 is 0. The summed E-state index contributed by atoms with van der Waals surface area (Å²) in [6.07, 6.45) is 12.8. The van der Waals surface area contributed by atoms with E-state index in [2.05, 4.69) is 28.2 Å². The molecule has 0 saturated carbocycles. The molecule has 0 aromatic carbocycles. The lowest BCUT2D eigenvalue weighted by atomic mass is 9.98. The Morgan fingerprint density at radius 3 is 1.67 bits per heavy atom. The Morgan fingerprint density at radius 1 is 0.667 bits per heavy atom. The maximum Gasteiger partial charge on any atom is 0.232 e. The first-order valence-corrected chi connectivity index (χ1v) is 11.2. The van der Waals surface area contributed by atoms with Gasteiger partial charge in [0.25, 0.3) is 0 Å². The van der Waals surface area contributed by atoms with Gasteiger partial charge in [-0.15, -0.1) is 0 Å². The van der Waals surface area contributed by atoms with Crippen molar-refractivity contribution in [2.24, 2.45) is 5.92 Å². The van der Waals surface area contributed by atoms with E-state index in [1.54, 1.807) is 0 Å². The van der Waals surface area contributed by atoms with Crippen LogP contribution in [0.1, 0.15) is 77.6 Å². The van der Waals surface area contributed by atoms with Crippen LogP contribution in [-0.4, -0.2) is 51.1 Å². The lowest BCUT2D eigenvalue weighted by molar-refractivity contribution is -0.135. The van der Waals surface area contributed by atoms with Crippen molar-refractivity contribution in [3.63, 3.8) is 0 Å². The molecular weight excluding hydrogens is 340 g/mol. The monoisotopic (exact) mass is 382 g/mol. The summed E-state index contributed by atoms with van der Waals surface area (Å²) in [6.45, 7) is 6.77. The minimum Gasteiger partial charge on any atom is -0.354 e. The van der Waals surface area contributed by atoms with Gasteiger partial charge in [0.1, 0.15) is 5.92 Å². The summed E-state index contributed by atoms with van der Waals surface area (Å²) in [5.41, 5.74) is 0. The molecule has 158 valence electrons. The molecule has 4 N–H and O–H groups in total. The van der Waals surface area contributed by atoms with E-state index in [1.165, 1.54) is 44.9 Å². The predicted molar refractivity (Wildman–Crippen MR) is 112 cm³/mol. The summed E-state index contributed by atoms with van der Waals surface area (Å²) in [6, 6.07) is 0. The van der Waals surface area contributed by atoms with Crippen molar-refractivity contribution in [3.05, 3.63) is 0 Å². The molecule has 6 heteroatoms. The van der Waals surface area contributed by atoms with Gasteiger partial charge in [-0.3, -0.25) is 9.59 Å². The van der Waals surface area contributed by atoms with E-state index < -0.39 is 5.92 Å². The zero-order chi connectivity index (χ0) is 19.6. The van der Waals surface area contributed by atoms with Crippen molar-refractivity contribution in [1.29, 1.82) is 0 Å². The van der Waals surface area contributed by atoms with Crippen LogP contribution >= 0.6 is 0 Å². The second-order valence-corrected chi connectivity index (χ2v) is 7.61. The molecule has 0 aromatic heterocycles. The van der Waals surface area contributed by atoms with Crippen LogP contribution in [0.25, 0.3) is 0 Å². The summed E-state index contributed by atoms with van der Waals surface area (Å²) < 4.78 is 0. The largest absolute Gasteiger partial charge is 0.354 e. The quantitative estimate of drug-likeness (QED) is 0.345. The third-order valence-corrected chi connectivity index (χ3v) is 5.14. The van der Waals surface area contributed by atoms with Gasteiger partial charge in [-0.25, -0.2) is 0 Å². The van der Waals surface area contributed by atoms with Crippen molar-refractivity contribution >= 4 is 11.8 Å². The molecule has 6 nitrogen and oxygen atoms in total. The first kappa shape index (κ1) is 23.9. The van der Waals surface area contributed by atoms with Crippen LogP contribution in [0, 0.1) is 5.92 Å². The van der Waals surface area contributed by atoms with Gasteiger partial charge < -0.3 is 21.3 Å². The van der Waals surface area contributed by atoms with Crippen molar-refractivity contribution in [1.82, 2.24) is 21.3 Å². The van der Waals surface area contributed by atoms with Gasteiger partial charge in [0, 0.05) is 26.2 Å². The number of amides is 2. The van der Waals surface area contributed by atoms with Crippen molar-refractivity contribution in [3.8, 4) is 0 Å². The van der Waals surface area contributed by atoms with Crippen LogP contribution in [0.3, 0.4) is 0 Å². The fourth-order valence-electron chi connectivity index (χ4n) is 3.42. The molecule has 0 unspecified atom stereocenters. The van der Waals surface area contributed by atoms with Gasteiger partial charge in [0.05, 0.1) is 0 Å².